The number of piperazine rings is 1. The Kier molecular flexibility index (Phi) is 13.3. The first-order valence-corrected chi connectivity index (χ1v) is 21.5. The molecule has 0 saturated carbocycles. The molecular weight excluding hydrogens is 771 g/mol. The van der Waals surface area contributed by atoms with E-state index in [9.17, 15) is 19.5 Å². The molecular formula is C47H58N9O5-. The van der Waals surface area contributed by atoms with Crippen LogP contribution in [0.3, 0.4) is 0 Å². The predicted molar refractivity (Wildman–Crippen MR) is 234 cm³/mol. The van der Waals surface area contributed by atoms with Gasteiger partial charge in [-0.1, -0.05) is 64.1 Å². The summed E-state index contributed by atoms with van der Waals surface area (Å²) in [7, 11) is 0. The van der Waals surface area contributed by atoms with E-state index in [1.807, 2.05) is 23.9 Å². The quantitative estimate of drug-likeness (QED) is 0.134. The number of amides is 3. The highest BCUT2D eigenvalue weighted by atomic mass is 16.5. The lowest BCUT2D eigenvalue weighted by molar-refractivity contribution is -0.272. The largest absolute Gasteiger partial charge is 0.530 e. The van der Waals surface area contributed by atoms with E-state index in [1.54, 1.807) is 18.2 Å². The van der Waals surface area contributed by atoms with Crippen LogP contribution in [0.2, 0.25) is 0 Å². The maximum absolute atomic E-state index is 13.6. The number of aromatic nitrogens is 4. The lowest BCUT2D eigenvalue weighted by Crippen LogP contribution is -2.62. The van der Waals surface area contributed by atoms with E-state index in [-0.39, 0.29) is 47.9 Å². The van der Waals surface area contributed by atoms with Gasteiger partial charge < -0.3 is 35.5 Å². The Hall–Kier alpha value is -5.86. The average molecular weight is 829 g/mol. The first kappa shape index (κ1) is 43.2. The van der Waals surface area contributed by atoms with Crippen LogP contribution in [0.1, 0.15) is 96.4 Å². The summed E-state index contributed by atoms with van der Waals surface area (Å²) in [5.41, 5.74) is 8.90. The Bertz CT molecular complexity index is 2380. The molecule has 0 spiro atoms. The number of nitrogens with one attached hydrogen (secondary N) is 3. The van der Waals surface area contributed by atoms with E-state index < -0.39 is 12.0 Å². The Morgan fingerprint density at radius 1 is 0.885 bits per heavy atom. The first-order chi connectivity index (χ1) is 29.3. The van der Waals surface area contributed by atoms with Gasteiger partial charge in [-0.2, -0.15) is 5.10 Å². The van der Waals surface area contributed by atoms with E-state index in [0.717, 1.165) is 68.6 Å². The number of carbonyl (C=O) groups is 3. The number of aryl methyl sites for hydroxylation is 3. The van der Waals surface area contributed by atoms with Gasteiger partial charge in [-0.05, 0) is 90.6 Å². The summed E-state index contributed by atoms with van der Waals surface area (Å²) < 4.78 is 7.49. The summed E-state index contributed by atoms with van der Waals surface area (Å²) in [6, 6.07) is 19.5. The molecule has 2 aromatic carbocycles. The molecule has 2 fully saturated rings. The Balaban J connectivity index is 1.00. The molecule has 0 bridgehead atoms. The van der Waals surface area contributed by atoms with Gasteiger partial charge >= 0.3 is 0 Å². The zero-order chi connectivity index (χ0) is 43.3. The number of carboxylic acid groups (broad SMARTS) is 1. The van der Waals surface area contributed by atoms with Crippen molar-refractivity contribution in [2.75, 3.05) is 38.2 Å². The van der Waals surface area contributed by atoms with Crippen LogP contribution in [0, 0.1) is 12.3 Å². The zero-order valence-corrected chi connectivity index (χ0v) is 36.2. The number of hydrogen-bond donors (Lipinski definition) is 3. The molecule has 0 radical (unpaired) electrons. The number of hydrogen-bond acceptors (Lipinski definition) is 10. The van der Waals surface area contributed by atoms with Crippen LogP contribution in [0.15, 0.2) is 66.9 Å². The maximum atomic E-state index is 13.6. The molecule has 5 aromatic rings. The topological polar surface area (TPSA) is 170 Å². The van der Waals surface area contributed by atoms with Crippen LogP contribution < -0.4 is 21.1 Å². The van der Waals surface area contributed by atoms with Gasteiger partial charge in [0, 0.05) is 82.4 Å². The predicted octanol–water partition coefficient (Wildman–Crippen LogP) is 5.71. The van der Waals surface area contributed by atoms with Crippen molar-refractivity contribution in [1.82, 2.24) is 40.2 Å². The van der Waals surface area contributed by atoms with Gasteiger partial charge in [0.05, 0.1) is 17.3 Å². The van der Waals surface area contributed by atoms with Crippen molar-refractivity contribution >= 4 is 34.6 Å². The number of pyridine rings is 2. The number of rotatable bonds is 13. The lowest BCUT2D eigenvalue weighted by atomic mass is 9.84. The highest BCUT2D eigenvalue weighted by Crippen LogP contribution is 2.32. The standard InChI is InChI=1S/C47H59N9O5/c1-7-38-36(42(51-34-17-21-61-22-18-34)37-27-50-56(8-2)43(37)53-38)26-49-45(58)40-14-10-13-39(52-40)44(57)48-25-31-16-15-30(3)35(24-31)33-12-9-11-32(23-33)28-54-19-20-55(46(59)60)41(29-54)47(4,5)6/h9-16,23-24,27,34,41H,7-8,17-22,25-26,28-29H2,1-6H3,(H,48,57)(H,49,58)(H,51,53)(H,59,60)/p-1. The molecule has 3 amide bonds. The fourth-order valence-electron chi connectivity index (χ4n) is 8.45. The third-order valence-corrected chi connectivity index (χ3v) is 11.9. The average Bonchev–Trinajstić information content (AvgIpc) is 3.68. The normalized spacial score (nSPS) is 16.4. The third-order valence-electron chi connectivity index (χ3n) is 11.9. The molecule has 2 saturated heterocycles. The molecule has 61 heavy (non-hydrogen) atoms. The van der Waals surface area contributed by atoms with E-state index >= 15 is 0 Å². The molecule has 2 aliphatic heterocycles. The number of fused-ring (bicyclic) bond motifs is 1. The Morgan fingerprint density at radius 2 is 1.61 bits per heavy atom. The van der Waals surface area contributed by atoms with Crippen LogP contribution in [0.25, 0.3) is 22.2 Å². The molecule has 3 N–H and O–H groups in total. The van der Waals surface area contributed by atoms with Crippen LogP contribution in [0.5, 0.6) is 0 Å². The second-order valence-electron chi connectivity index (χ2n) is 17.2. The fraction of sp³-hybridized carbons (Fsp3) is 0.447. The number of carbonyl (C=O) groups excluding carboxylic acids is 3. The van der Waals surface area contributed by atoms with Gasteiger partial charge in [-0.3, -0.25) is 14.5 Å². The van der Waals surface area contributed by atoms with E-state index in [1.165, 1.54) is 4.90 Å². The number of anilines is 1. The lowest BCUT2D eigenvalue weighted by Gasteiger charge is -2.48. The minimum atomic E-state index is -1.11. The summed E-state index contributed by atoms with van der Waals surface area (Å²) in [6.07, 6.45) is 3.17. The third kappa shape index (κ3) is 10.0. The molecule has 0 aliphatic carbocycles. The number of ether oxygens (including phenoxy) is 1. The van der Waals surface area contributed by atoms with Gasteiger partial charge in [0.25, 0.3) is 11.8 Å². The zero-order valence-electron chi connectivity index (χ0n) is 36.2. The minimum absolute atomic E-state index is 0.143. The molecule has 2 aliphatic rings. The number of benzene rings is 2. The van der Waals surface area contributed by atoms with E-state index in [2.05, 4.69) is 102 Å². The molecule has 1 unspecified atom stereocenters. The van der Waals surface area contributed by atoms with Crippen molar-refractivity contribution < 1.29 is 24.2 Å². The van der Waals surface area contributed by atoms with Crippen LogP contribution in [-0.2, 0) is 37.3 Å². The van der Waals surface area contributed by atoms with Gasteiger partial charge in [0.15, 0.2) is 5.65 Å². The van der Waals surface area contributed by atoms with Crippen LogP contribution in [-0.4, -0.2) is 92.4 Å². The van der Waals surface area contributed by atoms with Crippen molar-refractivity contribution in [3.8, 4) is 11.1 Å². The second-order valence-corrected chi connectivity index (χ2v) is 17.2. The summed E-state index contributed by atoms with van der Waals surface area (Å²) in [5, 5.41) is 27.1. The molecule has 1 atom stereocenters. The first-order valence-electron chi connectivity index (χ1n) is 21.5. The second kappa shape index (κ2) is 18.8. The summed E-state index contributed by atoms with van der Waals surface area (Å²) in [4.78, 5) is 52.1. The molecule has 14 nitrogen and oxygen atoms in total. The smallest absolute Gasteiger partial charge is 0.270 e. The molecule has 14 heteroatoms. The molecule has 3 aromatic heterocycles. The highest BCUT2D eigenvalue weighted by molar-refractivity contribution is 5.97. The SMILES string of the molecule is CCc1nc2c(cnn2CC)c(NC2CCOCC2)c1CNC(=O)c1cccc(C(=O)NCc2ccc(C)c(-c3cccc(CN4CCN(C(=O)[O-])C(C(C)(C)C)C4)c3)c2)n1. The Labute approximate surface area is 358 Å². The van der Waals surface area contributed by atoms with Gasteiger partial charge in [0.2, 0.25) is 0 Å². The summed E-state index contributed by atoms with van der Waals surface area (Å²) in [5.74, 6) is -0.776. The van der Waals surface area contributed by atoms with Crippen molar-refractivity contribution in [3.63, 3.8) is 0 Å². The van der Waals surface area contributed by atoms with Gasteiger partial charge in [-0.15, -0.1) is 0 Å². The van der Waals surface area contributed by atoms with Crippen molar-refractivity contribution in [1.29, 1.82) is 0 Å². The van der Waals surface area contributed by atoms with Crippen molar-refractivity contribution in [2.45, 2.75) is 99.1 Å². The molecule has 322 valence electrons. The Morgan fingerprint density at radius 3 is 2.30 bits per heavy atom. The van der Waals surface area contributed by atoms with E-state index in [4.69, 9.17) is 9.72 Å². The number of nitrogens with zero attached hydrogens (tertiary/aromatic N) is 6. The monoisotopic (exact) mass is 828 g/mol. The summed E-state index contributed by atoms with van der Waals surface area (Å²) in [6.45, 7) is 17.3. The van der Waals surface area contributed by atoms with Gasteiger partial charge in [-0.25, -0.2) is 14.6 Å². The maximum Gasteiger partial charge on any atom is 0.270 e. The van der Waals surface area contributed by atoms with Crippen LogP contribution in [0.4, 0.5) is 10.5 Å². The highest BCUT2D eigenvalue weighted by Gasteiger charge is 2.35. The van der Waals surface area contributed by atoms with Crippen LogP contribution >= 0.6 is 0 Å². The molecule has 7 rings (SSSR count). The summed E-state index contributed by atoms with van der Waals surface area (Å²) >= 11 is 0. The van der Waals surface area contributed by atoms with Gasteiger partial charge in [0.1, 0.15) is 17.5 Å². The minimum Gasteiger partial charge on any atom is -0.530 e. The fourth-order valence-corrected chi connectivity index (χ4v) is 8.45. The van der Waals surface area contributed by atoms with Crippen molar-refractivity contribution in [2.24, 2.45) is 5.41 Å². The van der Waals surface area contributed by atoms with E-state index in [0.29, 0.717) is 52.4 Å². The molecule has 5 heterocycles. The van der Waals surface area contributed by atoms with Crippen molar-refractivity contribution in [3.05, 3.63) is 106 Å².